The minimum atomic E-state index is -1.64. The van der Waals surface area contributed by atoms with Gasteiger partial charge in [0.1, 0.15) is 18.4 Å². The molecule has 2 rings (SSSR count). The average molecular weight is 242 g/mol. The smallest absolute Gasteiger partial charge is 0.326 e. The molecule has 6 heteroatoms. The minimum Gasteiger partial charge on any atom is -0.480 e. The van der Waals surface area contributed by atoms with E-state index in [0.717, 1.165) is 0 Å². The van der Waals surface area contributed by atoms with E-state index in [1.165, 1.54) is 12.3 Å². The molecule has 1 aromatic rings. The number of nitrogens with one attached hydrogen (secondary N) is 1. The maximum Gasteiger partial charge on any atom is 0.326 e. The van der Waals surface area contributed by atoms with Crippen LogP contribution < -0.4 is 5.32 Å². The van der Waals surface area contributed by atoms with Crippen LogP contribution in [0.5, 0.6) is 0 Å². The van der Waals surface area contributed by atoms with Crippen LogP contribution in [0.3, 0.4) is 0 Å². The van der Waals surface area contributed by atoms with Crippen LogP contribution in [0.1, 0.15) is 18.2 Å². The fourth-order valence-electron chi connectivity index (χ4n) is 1.76. The van der Waals surface area contributed by atoms with Crippen molar-refractivity contribution >= 4 is 5.97 Å². The molecule has 4 nitrogen and oxygen atoms in total. The molecule has 0 aromatic carbocycles. The highest BCUT2D eigenvalue weighted by atomic mass is 19.2. The topological polar surface area (TPSA) is 62.2 Å². The summed E-state index contributed by atoms with van der Waals surface area (Å²) in [6.45, 7) is 0. The first-order valence-electron chi connectivity index (χ1n) is 5.27. The molecule has 1 aliphatic rings. The van der Waals surface area contributed by atoms with Crippen molar-refractivity contribution in [1.82, 2.24) is 10.3 Å². The molecule has 1 aromatic heterocycles. The predicted octanol–water partition coefficient (Wildman–Crippen LogP) is 1.25. The summed E-state index contributed by atoms with van der Waals surface area (Å²) in [5.41, 5.74) is 0.287. The molecule has 0 spiro atoms. The Labute approximate surface area is 96.7 Å². The Morgan fingerprint density at radius 1 is 1.53 bits per heavy atom. The Balaban J connectivity index is 2.07. The molecule has 0 saturated heterocycles. The molecule has 1 aliphatic carbocycles. The molecular formula is C11H12F2N2O2. The van der Waals surface area contributed by atoms with Crippen molar-refractivity contribution in [2.24, 2.45) is 0 Å². The van der Waals surface area contributed by atoms with Crippen LogP contribution in [-0.2, 0) is 4.79 Å². The average Bonchev–Trinajstić information content (AvgIpc) is 2.34. The molecule has 4 unspecified atom stereocenters. The van der Waals surface area contributed by atoms with Gasteiger partial charge in [-0.3, -0.25) is 15.1 Å². The summed E-state index contributed by atoms with van der Waals surface area (Å²) >= 11 is 0. The van der Waals surface area contributed by atoms with E-state index >= 15 is 0 Å². The fraction of sp³-hybridized carbons (Fsp3) is 0.455. The van der Waals surface area contributed by atoms with Gasteiger partial charge in [-0.05, 0) is 18.6 Å². The number of aliphatic carboxylic acids is 1. The lowest BCUT2D eigenvalue weighted by Crippen LogP contribution is -2.55. The zero-order chi connectivity index (χ0) is 12.4. The van der Waals surface area contributed by atoms with Crippen molar-refractivity contribution in [2.45, 2.75) is 30.8 Å². The van der Waals surface area contributed by atoms with Gasteiger partial charge < -0.3 is 5.11 Å². The van der Waals surface area contributed by atoms with Crippen molar-refractivity contribution in [3.8, 4) is 0 Å². The second-order valence-electron chi connectivity index (χ2n) is 4.00. The van der Waals surface area contributed by atoms with Crippen molar-refractivity contribution < 1.29 is 18.7 Å². The van der Waals surface area contributed by atoms with E-state index < -0.39 is 30.4 Å². The molecule has 0 radical (unpaired) electrons. The first-order valence-corrected chi connectivity index (χ1v) is 5.27. The Morgan fingerprint density at radius 3 is 2.76 bits per heavy atom. The van der Waals surface area contributed by atoms with Gasteiger partial charge in [-0.25, -0.2) is 8.78 Å². The molecule has 2 N–H and O–H groups in total. The van der Waals surface area contributed by atoms with E-state index in [9.17, 15) is 13.6 Å². The summed E-state index contributed by atoms with van der Waals surface area (Å²) in [4.78, 5) is 14.9. The number of alkyl halides is 2. The Kier molecular flexibility index (Phi) is 3.33. The highest BCUT2D eigenvalue weighted by Gasteiger charge is 2.44. The Morgan fingerprint density at radius 2 is 2.29 bits per heavy atom. The monoisotopic (exact) mass is 242 g/mol. The number of aromatic nitrogens is 1. The summed E-state index contributed by atoms with van der Waals surface area (Å²) in [6.07, 6.45) is -1.68. The molecule has 17 heavy (non-hydrogen) atoms. The number of carbonyl (C=O) groups is 1. The number of rotatable bonds is 4. The summed E-state index contributed by atoms with van der Waals surface area (Å²) in [7, 11) is 0. The van der Waals surface area contributed by atoms with Gasteiger partial charge >= 0.3 is 5.97 Å². The third kappa shape index (κ3) is 2.41. The zero-order valence-corrected chi connectivity index (χ0v) is 8.88. The van der Waals surface area contributed by atoms with E-state index in [2.05, 4.69) is 10.3 Å². The Hall–Kier alpha value is -1.56. The normalized spacial score (nSPS) is 29.4. The highest BCUT2D eigenvalue weighted by Crippen LogP contribution is 2.29. The summed E-state index contributed by atoms with van der Waals surface area (Å²) in [5.74, 6) is -1.15. The molecule has 0 aliphatic heterocycles. The first-order chi connectivity index (χ1) is 8.09. The van der Waals surface area contributed by atoms with Gasteiger partial charge in [0.15, 0.2) is 0 Å². The highest BCUT2D eigenvalue weighted by molar-refractivity contribution is 5.74. The molecule has 4 atom stereocenters. The third-order valence-electron chi connectivity index (χ3n) is 2.82. The number of hydrogen-bond acceptors (Lipinski definition) is 3. The van der Waals surface area contributed by atoms with Crippen molar-refractivity contribution in [3.63, 3.8) is 0 Å². The van der Waals surface area contributed by atoms with Gasteiger partial charge in [-0.2, -0.15) is 0 Å². The predicted molar refractivity (Wildman–Crippen MR) is 55.9 cm³/mol. The van der Waals surface area contributed by atoms with Crippen LogP contribution >= 0.6 is 0 Å². The minimum absolute atomic E-state index is 0.00220. The third-order valence-corrected chi connectivity index (χ3v) is 2.82. The van der Waals surface area contributed by atoms with E-state index in [1.807, 2.05) is 0 Å². The maximum atomic E-state index is 13.1. The molecule has 1 saturated carbocycles. The van der Waals surface area contributed by atoms with Crippen LogP contribution in [0.4, 0.5) is 8.78 Å². The molecule has 1 heterocycles. The summed E-state index contributed by atoms with van der Waals surface area (Å²) < 4.78 is 25.7. The number of hydrogen-bond donors (Lipinski definition) is 2. The molecular weight excluding hydrogens is 230 g/mol. The van der Waals surface area contributed by atoms with E-state index in [0.29, 0.717) is 0 Å². The van der Waals surface area contributed by atoms with Crippen LogP contribution in [0, 0.1) is 0 Å². The van der Waals surface area contributed by atoms with E-state index in [4.69, 9.17) is 5.11 Å². The molecule has 92 valence electrons. The van der Waals surface area contributed by atoms with Gasteiger partial charge in [0.2, 0.25) is 0 Å². The molecule has 1 fully saturated rings. The molecule has 0 bridgehead atoms. The number of carboxylic acids is 1. The second kappa shape index (κ2) is 4.75. The van der Waals surface area contributed by atoms with Crippen LogP contribution in [-0.4, -0.2) is 34.4 Å². The van der Waals surface area contributed by atoms with Crippen molar-refractivity contribution in [2.75, 3.05) is 0 Å². The van der Waals surface area contributed by atoms with E-state index in [1.54, 1.807) is 12.1 Å². The lowest BCUT2D eigenvalue weighted by Gasteiger charge is -2.36. The van der Waals surface area contributed by atoms with Gasteiger partial charge in [-0.1, -0.05) is 6.07 Å². The van der Waals surface area contributed by atoms with Crippen LogP contribution in [0.15, 0.2) is 24.4 Å². The molecule has 0 amide bonds. The lowest BCUT2D eigenvalue weighted by atomic mass is 9.87. The van der Waals surface area contributed by atoms with Crippen LogP contribution in [0.25, 0.3) is 0 Å². The van der Waals surface area contributed by atoms with E-state index in [-0.39, 0.29) is 12.1 Å². The second-order valence-corrected chi connectivity index (χ2v) is 4.00. The summed E-state index contributed by atoms with van der Waals surface area (Å²) in [5, 5.41) is 11.6. The number of carboxylic acid groups (broad SMARTS) is 1. The standard InChI is InChI=1S/C11H12F2N2O2/c12-6-5-8(9(6)13)15-10(11(16)17)7-3-1-2-4-14-7/h1-4,6,8-10,15H,5H2,(H,16,17). The maximum absolute atomic E-state index is 13.1. The van der Waals surface area contributed by atoms with Crippen molar-refractivity contribution in [1.29, 1.82) is 0 Å². The van der Waals surface area contributed by atoms with Gasteiger partial charge in [0.05, 0.1) is 5.69 Å². The number of pyridine rings is 1. The van der Waals surface area contributed by atoms with Crippen LogP contribution in [0.2, 0.25) is 0 Å². The zero-order valence-electron chi connectivity index (χ0n) is 8.88. The summed E-state index contributed by atoms with van der Waals surface area (Å²) in [6, 6.07) is 2.97. The van der Waals surface area contributed by atoms with Gasteiger partial charge in [-0.15, -0.1) is 0 Å². The van der Waals surface area contributed by atoms with Gasteiger partial charge in [0, 0.05) is 12.2 Å². The number of nitrogens with zero attached hydrogens (tertiary/aromatic N) is 1. The SMILES string of the molecule is O=C(O)C(NC1CC(F)C1F)c1ccccn1. The largest absolute Gasteiger partial charge is 0.480 e. The lowest BCUT2D eigenvalue weighted by molar-refractivity contribution is -0.140. The van der Waals surface area contributed by atoms with Gasteiger partial charge in [0.25, 0.3) is 0 Å². The van der Waals surface area contributed by atoms with Crippen molar-refractivity contribution in [3.05, 3.63) is 30.1 Å². The first kappa shape index (κ1) is 11.9. The number of halogens is 2. The Bertz CT molecular complexity index is 402. The fourth-order valence-corrected chi connectivity index (χ4v) is 1.76. The quantitative estimate of drug-likeness (QED) is 0.834.